The molecule has 0 aliphatic carbocycles. The van der Waals surface area contributed by atoms with Gasteiger partial charge in [-0.25, -0.2) is 13.4 Å². The smallest absolute Gasteiger partial charge is 0.263 e. The summed E-state index contributed by atoms with van der Waals surface area (Å²) in [4.78, 5) is 4.19. The average Bonchev–Trinajstić information content (AvgIpc) is 2.35. The van der Waals surface area contributed by atoms with E-state index in [0.29, 0.717) is 0 Å². The van der Waals surface area contributed by atoms with E-state index in [1.54, 1.807) is 24.3 Å². The van der Waals surface area contributed by atoms with E-state index in [1.165, 1.54) is 12.3 Å². The second kappa shape index (κ2) is 5.60. The first-order chi connectivity index (χ1) is 8.88. The highest BCUT2D eigenvalue weighted by atomic mass is 79.9. The average molecular weight is 406 g/mol. The predicted molar refractivity (Wildman–Crippen MR) is 81.6 cm³/mol. The van der Waals surface area contributed by atoms with E-state index in [1.807, 2.05) is 6.92 Å². The third kappa shape index (κ3) is 3.55. The Hall–Kier alpha value is -0.920. The van der Waals surface area contributed by atoms with E-state index in [9.17, 15) is 8.42 Å². The Morgan fingerprint density at radius 1 is 1.16 bits per heavy atom. The molecule has 0 aliphatic heterocycles. The molecule has 1 N–H and O–H groups in total. The molecule has 0 fully saturated rings. The van der Waals surface area contributed by atoms with Gasteiger partial charge in [-0.15, -0.1) is 0 Å². The summed E-state index contributed by atoms with van der Waals surface area (Å²) in [6, 6.07) is 8.16. The van der Waals surface area contributed by atoms with Crippen LogP contribution in [0.1, 0.15) is 5.56 Å². The number of nitrogens with one attached hydrogen (secondary N) is 1. The third-order valence-electron chi connectivity index (χ3n) is 2.41. The van der Waals surface area contributed by atoms with E-state index < -0.39 is 10.0 Å². The molecule has 2 rings (SSSR count). The van der Waals surface area contributed by atoms with Gasteiger partial charge in [0.05, 0.1) is 4.90 Å². The number of halogens is 2. The van der Waals surface area contributed by atoms with Gasteiger partial charge in [-0.05, 0) is 58.7 Å². The second-order valence-electron chi connectivity index (χ2n) is 3.88. The Morgan fingerprint density at radius 3 is 2.47 bits per heavy atom. The topological polar surface area (TPSA) is 59.1 Å². The zero-order valence-corrected chi connectivity index (χ0v) is 13.9. The molecule has 0 saturated heterocycles. The maximum absolute atomic E-state index is 12.2. The van der Waals surface area contributed by atoms with Crippen LogP contribution in [0.15, 0.2) is 50.4 Å². The number of aryl methyl sites for hydroxylation is 1. The molecule has 19 heavy (non-hydrogen) atoms. The molecule has 0 radical (unpaired) electrons. The SMILES string of the molecule is Cc1cc(S(=O)(=O)Nc2ccc(Br)cn2)ccc1Br. The number of hydrogen-bond donors (Lipinski definition) is 1. The second-order valence-corrected chi connectivity index (χ2v) is 7.33. The number of sulfonamides is 1. The van der Waals surface area contributed by atoms with Crippen LogP contribution in [0.3, 0.4) is 0 Å². The number of nitrogens with zero attached hydrogens (tertiary/aromatic N) is 1. The normalized spacial score (nSPS) is 11.3. The standard InChI is InChI=1S/C12H10Br2N2O2S/c1-8-6-10(3-4-11(8)14)19(17,18)16-12-5-2-9(13)7-15-12/h2-7H,1H3,(H,15,16). The van der Waals surface area contributed by atoms with Crippen LogP contribution < -0.4 is 4.72 Å². The zero-order chi connectivity index (χ0) is 14.0. The summed E-state index contributed by atoms with van der Waals surface area (Å²) in [6.45, 7) is 1.83. The Bertz CT molecular complexity index is 700. The molecule has 1 aromatic carbocycles. The minimum atomic E-state index is -3.61. The molecule has 0 spiro atoms. The van der Waals surface area contributed by atoms with Crippen molar-refractivity contribution in [2.24, 2.45) is 0 Å². The van der Waals surface area contributed by atoms with E-state index in [0.717, 1.165) is 14.5 Å². The Kier molecular flexibility index (Phi) is 4.27. The molecule has 0 amide bonds. The first-order valence-electron chi connectivity index (χ1n) is 5.29. The van der Waals surface area contributed by atoms with Gasteiger partial charge in [0, 0.05) is 15.1 Å². The Labute approximate surface area is 128 Å². The molecule has 0 unspecified atom stereocenters. The van der Waals surface area contributed by atoms with Crippen molar-refractivity contribution < 1.29 is 8.42 Å². The molecule has 0 aliphatic rings. The lowest BCUT2D eigenvalue weighted by Crippen LogP contribution is -2.14. The van der Waals surface area contributed by atoms with Crippen molar-refractivity contribution in [2.45, 2.75) is 11.8 Å². The minimum absolute atomic E-state index is 0.206. The molecular weight excluding hydrogens is 396 g/mol. The number of rotatable bonds is 3. The summed E-state index contributed by atoms with van der Waals surface area (Å²) in [5.74, 6) is 0.281. The molecule has 0 atom stereocenters. The van der Waals surface area contributed by atoms with Crippen molar-refractivity contribution in [3.63, 3.8) is 0 Å². The lowest BCUT2D eigenvalue weighted by molar-refractivity contribution is 0.601. The molecule has 100 valence electrons. The summed E-state index contributed by atoms with van der Waals surface area (Å²) in [7, 11) is -3.61. The summed E-state index contributed by atoms with van der Waals surface area (Å²) < 4.78 is 28.4. The first kappa shape index (κ1) is 14.5. The van der Waals surface area contributed by atoms with Crippen LogP contribution in [0.25, 0.3) is 0 Å². The fourth-order valence-corrected chi connectivity index (χ4v) is 2.99. The number of benzene rings is 1. The van der Waals surface area contributed by atoms with E-state index in [2.05, 4.69) is 41.6 Å². The van der Waals surface area contributed by atoms with Crippen molar-refractivity contribution in [3.05, 3.63) is 51.0 Å². The van der Waals surface area contributed by atoms with Gasteiger partial charge in [0.15, 0.2) is 0 Å². The van der Waals surface area contributed by atoms with Crippen LogP contribution in [-0.4, -0.2) is 13.4 Å². The van der Waals surface area contributed by atoms with Crippen molar-refractivity contribution in [1.82, 2.24) is 4.98 Å². The quantitative estimate of drug-likeness (QED) is 0.846. The van der Waals surface area contributed by atoms with Crippen LogP contribution in [0.5, 0.6) is 0 Å². The molecule has 7 heteroatoms. The number of pyridine rings is 1. The van der Waals surface area contributed by atoms with Crippen molar-refractivity contribution >= 4 is 47.7 Å². The molecule has 0 bridgehead atoms. The summed E-state index contributed by atoms with van der Waals surface area (Å²) in [5, 5.41) is 0. The Balaban J connectivity index is 2.32. The highest BCUT2D eigenvalue weighted by molar-refractivity contribution is 9.10. The highest BCUT2D eigenvalue weighted by Gasteiger charge is 2.15. The molecule has 4 nitrogen and oxygen atoms in total. The molecule has 1 heterocycles. The maximum Gasteiger partial charge on any atom is 0.263 e. The highest BCUT2D eigenvalue weighted by Crippen LogP contribution is 2.21. The van der Waals surface area contributed by atoms with Gasteiger partial charge in [0.1, 0.15) is 5.82 Å². The molecule has 0 saturated carbocycles. The zero-order valence-electron chi connectivity index (χ0n) is 9.89. The fraction of sp³-hybridized carbons (Fsp3) is 0.0833. The van der Waals surface area contributed by atoms with Crippen molar-refractivity contribution in [2.75, 3.05) is 4.72 Å². The number of aromatic nitrogens is 1. The van der Waals surface area contributed by atoms with Gasteiger partial charge >= 0.3 is 0 Å². The molecule has 2 aromatic rings. The van der Waals surface area contributed by atoms with Gasteiger partial charge in [-0.3, -0.25) is 4.72 Å². The van der Waals surface area contributed by atoms with Crippen molar-refractivity contribution in [3.8, 4) is 0 Å². The monoisotopic (exact) mass is 404 g/mol. The largest absolute Gasteiger partial charge is 0.263 e. The summed E-state index contributed by atoms with van der Waals surface area (Å²) in [6.07, 6.45) is 1.53. The van der Waals surface area contributed by atoms with Gasteiger partial charge in [-0.1, -0.05) is 15.9 Å². The van der Waals surface area contributed by atoms with Crippen LogP contribution >= 0.6 is 31.9 Å². The number of anilines is 1. The third-order valence-corrected chi connectivity index (χ3v) is 5.12. The van der Waals surface area contributed by atoms with Gasteiger partial charge in [0.25, 0.3) is 10.0 Å². The lowest BCUT2D eigenvalue weighted by Gasteiger charge is -2.08. The fourth-order valence-electron chi connectivity index (χ4n) is 1.42. The lowest BCUT2D eigenvalue weighted by atomic mass is 10.2. The van der Waals surface area contributed by atoms with Crippen molar-refractivity contribution in [1.29, 1.82) is 0 Å². The Morgan fingerprint density at radius 2 is 1.89 bits per heavy atom. The van der Waals surface area contributed by atoms with E-state index >= 15 is 0 Å². The molecular formula is C12H10Br2N2O2S. The summed E-state index contributed by atoms with van der Waals surface area (Å²) in [5.41, 5.74) is 0.853. The van der Waals surface area contributed by atoms with Gasteiger partial charge < -0.3 is 0 Å². The van der Waals surface area contributed by atoms with Gasteiger partial charge in [-0.2, -0.15) is 0 Å². The number of hydrogen-bond acceptors (Lipinski definition) is 3. The minimum Gasteiger partial charge on any atom is -0.263 e. The van der Waals surface area contributed by atoms with Gasteiger partial charge in [0.2, 0.25) is 0 Å². The van der Waals surface area contributed by atoms with Crippen LogP contribution in [0.4, 0.5) is 5.82 Å². The van der Waals surface area contributed by atoms with Crippen LogP contribution in [0.2, 0.25) is 0 Å². The first-order valence-corrected chi connectivity index (χ1v) is 8.36. The van der Waals surface area contributed by atoms with E-state index in [4.69, 9.17) is 0 Å². The van der Waals surface area contributed by atoms with Crippen LogP contribution in [0, 0.1) is 6.92 Å². The summed E-state index contributed by atoms with van der Waals surface area (Å²) >= 11 is 6.58. The molecule has 1 aromatic heterocycles. The maximum atomic E-state index is 12.2. The predicted octanol–water partition coefficient (Wildman–Crippen LogP) is 3.72. The van der Waals surface area contributed by atoms with Crippen LogP contribution in [-0.2, 0) is 10.0 Å². The van der Waals surface area contributed by atoms with E-state index in [-0.39, 0.29) is 10.7 Å².